The number of hydrogen-bond donors (Lipinski definition) is 2. The van der Waals surface area contributed by atoms with Crippen LogP contribution in [0.5, 0.6) is 40.2 Å². The van der Waals surface area contributed by atoms with Crippen molar-refractivity contribution < 1.29 is 57.1 Å². The summed E-state index contributed by atoms with van der Waals surface area (Å²) in [5.41, 5.74) is 2.92. The van der Waals surface area contributed by atoms with Crippen LogP contribution in [0.25, 0.3) is 11.0 Å². The lowest BCUT2D eigenvalue weighted by molar-refractivity contribution is -0.157. The molecular formula is C50H46N4O13S. The fraction of sp³-hybridized carbons (Fsp3) is 0.380. The summed E-state index contributed by atoms with van der Waals surface area (Å²) in [4.78, 5) is 59.2. The van der Waals surface area contributed by atoms with Gasteiger partial charge in [0.1, 0.15) is 29.5 Å². The van der Waals surface area contributed by atoms with Gasteiger partial charge in [-0.2, -0.15) is 5.26 Å². The first-order chi connectivity index (χ1) is 32.8. The lowest BCUT2D eigenvalue weighted by Crippen LogP contribution is -2.69. The van der Waals surface area contributed by atoms with Crippen LogP contribution in [-0.2, 0) is 32.7 Å². The van der Waals surface area contributed by atoms with Gasteiger partial charge in [0, 0.05) is 58.9 Å². The number of ether oxygens (including phenoxy) is 7. The summed E-state index contributed by atoms with van der Waals surface area (Å²) in [7, 11) is 4.89. The molecule has 7 aliphatic rings. The molecule has 0 saturated carbocycles. The summed E-state index contributed by atoms with van der Waals surface area (Å²) in [6.45, 7) is 4.98. The number of thioether (sulfide) groups is 1. The fourth-order valence-corrected chi connectivity index (χ4v) is 13.3. The Morgan fingerprint density at radius 2 is 1.75 bits per heavy atom. The first-order valence-corrected chi connectivity index (χ1v) is 23.3. The summed E-state index contributed by atoms with van der Waals surface area (Å²) in [5.74, 6) is -0.457. The van der Waals surface area contributed by atoms with E-state index in [1.54, 1.807) is 43.3 Å². The Hall–Kier alpha value is -6.78. The standard InChI is InChI=1S/C50H46N4O13S/c1-22-13-27-15-30-31(18-51)54-32-19-62-49(59)50(29-17-34(60-5)35(16-25(29)11-12-52-50)67-48(58)28-14-26-9-7-8-10-33(26)66-47(28)57)20-68-46(40(54)39(53(30)4)36(27)41(56)42(22)61-6)38-37(32)45-44(63-21-64-45)23(2)43(38)65-24(3)55/h7-10,13-14,16-17,30-32,39-40,46,52,56H,11-12,15,19-21H2,1-6H3/t30-,31-,32-,39-,40?,46+,50+/m0/s1. The predicted octanol–water partition coefficient (Wildman–Crippen LogP) is 5.61. The van der Waals surface area contributed by atoms with E-state index in [2.05, 4.69) is 21.2 Å². The van der Waals surface area contributed by atoms with Gasteiger partial charge in [0.15, 0.2) is 40.0 Å². The summed E-state index contributed by atoms with van der Waals surface area (Å²) < 4.78 is 47.9. The van der Waals surface area contributed by atoms with Crippen LogP contribution in [0.2, 0.25) is 0 Å². The first-order valence-electron chi connectivity index (χ1n) is 22.2. The molecule has 7 aliphatic heterocycles. The lowest BCUT2D eigenvalue weighted by atomic mass is 9.71. The number of carbonyl (C=O) groups is 3. The maximum Gasteiger partial charge on any atom is 0.351 e. The van der Waals surface area contributed by atoms with Crippen LogP contribution in [0.1, 0.15) is 79.1 Å². The van der Waals surface area contributed by atoms with Crippen LogP contribution in [0.15, 0.2) is 57.7 Å². The summed E-state index contributed by atoms with van der Waals surface area (Å²) in [6.07, 6.45) is 0.865. The van der Waals surface area contributed by atoms with Gasteiger partial charge in [-0.25, -0.2) is 14.4 Å². The van der Waals surface area contributed by atoms with Crippen molar-refractivity contribution in [2.45, 2.75) is 74.6 Å². The molecule has 5 aromatic rings. The molecule has 4 bridgehead atoms. The summed E-state index contributed by atoms with van der Waals surface area (Å²) in [6, 6.07) is 13.1. The zero-order valence-corrected chi connectivity index (χ0v) is 38.7. The molecule has 2 fully saturated rings. The maximum atomic E-state index is 15.2. The minimum absolute atomic E-state index is 0.00397. The third-order valence-electron chi connectivity index (χ3n) is 14.5. The highest BCUT2D eigenvalue weighted by Crippen LogP contribution is 2.64. The molecule has 8 heterocycles. The molecule has 1 spiro atoms. The molecule has 2 N–H and O–H groups in total. The molecule has 0 radical (unpaired) electrons. The normalized spacial score (nSPS) is 25.6. The van der Waals surface area contributed by atoms with E-state index in [1.165, 1.54) is 39.0 Å². The molecule has 68 heavy (non-hydrogen) atoms. The Morgan fingerprint density at radius 1 is 0.956 bits per heavy atom. The summed E-state index contributed by atoms with van der Waals surface area (Å²) >= 11 is 1.42. The number of carbonyl (C=O) groups excluding carboxylic acids is 3. The van der Waals surface area contributed by atoms with E-state index in [9.17, 15) is 24.8 Å². The van der Waals surface area contributed by atoms with Crippen LogP contribution in [0, 0.1) is 25.2 Å². The van der Waals surface area contributed by atoms with E-state index in [0.29, 0.717) is 81.0 Å². The van der Waals surface area contributed by atoms with E-state index >= 15 is 4.79 Å². The zero-order valence-electron chi connectivity index (χ0n) is 37.9. The molecule has 0 aliphatic carbocycles. The minimum atomic E-state index is -1.52. The number of phenolic OH excluding ortho intramolecular Hbond substituents is 1. The number of rotatable bonds is 5. The Bertz CT molecular complexity index is 3130. The zero-order chi connectivity index (χ0) is 47.5. The lowest BCUT2D eigenvalue weighted by Gasteiger charge is -2.62. The molecule has 7 atom stereocenters. The SMILES string of the molecule is COc1cc2c(cc1OC(=O)c1cc3ccccc3oc1=O)CCN[C@]21CS[C@@H]2c3c(OC(C)=O)c(C)c4c(c3[C@H](COC1=O)N1C2[C@@H]2c3c(cc(C)c(OC)c3O)C[C@@H]([C@@H]1C#N)N2C)OCO4. The van der Waals surface area contributed by atoms with Crippen molar-refractivity contribution >= 4 is 40.6 Å². The van der Waals surface area contributed by atoms with E-state index in [-0.39, 0.29) is 53.8 Å². The van der Waals surface area contributed by atoms with Gasteiger partial charge in [0.2, 0.25) is 6.79 Å². The number of nitrogens with zero attached hydrogens (tertiary/aromatic N) is 3. The van der Waals surface area contributed by atoms with Gasteiger partial charge < -0.3 is 42.7 Å². The molecule has 17 nitrogen and oxygen atoms in total. The van der Waals surface area contributed by atoms with Gasteiger partial charge in [-0.15, -0.1) is 11.8 Å². The highest BCUT2D eigenvalue weighted by molar-refractivity contribution is 7.99. The second kappa shape index (κ2) is 16.2. The average molecular weight is 943 g/mol. The van der Waals surface area contributed by atoms with Gasteiger partial charge in [0.05, 0.1) is 37.6 Å². The monoisotopic (exact) mass is 942 g/mol. The number of piperazine rings is 1. The van der Waals surface area contributed by atoms with E-state index in [0.717, 1.165) is 11.1 Å². The third kappa shape index (κ3) is 6.32. The minimum Gasteiger partial charge on any atom is -0.504 e. The van der Waals surface area contributed by atoms with Crippen LogP contribution in [-0.4, -0.2) is 97.9 Å². The summed E-state index contributed by atoms with van der Waals surface area (Å²) in [5, 5.41) is 26.9. The Labute approximate surface area is 393 Å². The van der Waals surface area contributed by atoms with E-state index in [4.69, 9.17) is 37.6 Å². The number of nitrogens with one attached hydrogen (secondary N) is 1. The second-order valence-electron chi connectivity index (χ2n) is 17.9. The number of para-hydroxylation sites is 1. The van der Waals surface area contributed by atoms with Gasteiger partial charge in [-0.3, -0.25) is 19.9 Å². The number of fused-ring (bicyclic) bond motifs is 10. The average Bonchev–Trinajstić information content (AvgIpc) is 3.81. The number of esters is 3. The van der Waals surface area contributed by atoms with Crippen LogP contribution >= 0.6 is 11.8 Å². The Kier molecular flexibility index (Phi) is 10.4. The smallest absolute Gasteiger partial charge is 0.351 e. The van der Waals surface area contributed by atoms with E-state index < -0.39 is 58.5 Å². The number of nitriles is 1. The highest BCUT2D eigenvalue weighted by Gasteiger charge is 2.62. The quantitative estimate of drug-likeness (QED) is 0.125. The third-order valence-corrected chi connectivity index (χ3v) is 16.0. The Balaban J connectivity index is 1.08. The molecule has 4 aromatic carbocycles. The van der Waals surface area contributed by atoms with Crippen molar-refractivity contribution in [1.29, 1.82) is 5.26 Å². The number of hydrogen-bond acceptors (Lipinski definition) is 18. The van der Waals surface area contributed by atoms with Crippen LogP contribution in [0.4, 0.5) is 0 Å². The molecule has 2 saturated heterocycles. The van der Waals surface area contributed by atoms with Crippen molar-refractivity contribution in [2.24, 2.45) is 0 Å². The van der Waals surface area contributed by atoms with Gasteiger partial charge in [-0.1, -0.05) is 24.3 Å². The van der Waals surface area contributed by atoms with Crippen LogP contribution < -0.4 is 39.4 Å². The molecule has 350 valence electrons. The first kappa shape index (κ1) is 43.8. The number of aryl methyl sites for hydroxylation is 1. The van der Waals surface area contributed by atoms with Crippen molar-refractivity contribution in [3.05, 3.63) is 109 Å². The van der Waals surface area contributed by atoms with Crippen molar-refractivity contribution in [1.82, 2.24) is 15.1 Å². The van der Waals surface area contributed by atoms with Crippen molar-refractivity contribution in [3.63, 3.8) is 0 Å². The maximum absolute atomic E-state index is 15.2. The Morgan fingerprint density at radius 3 is 2.51 bits per heavy atom. The number of likely N-dealkylation sites (N-methyl/N-ethyl adjacent to an activating group) is 1. The van der Waals surface area contributed by atoms with Crippen LogP contribution in [0.3, 0.4) is 0 Å². The molecular weight excluding hydrogens is 897 g/mol. The highest BCUT2D eigenvalue weighted by atomic mass is 32.2. The van der Waals surface area contributed by atoms with Crippen molar-refractivity contribution in [2.75, 3.05) is 47.0 Å². The molecule has 12 rings (SSSR count). The topological polar surface area (TPSA) is 209 Å². The number of methoxy groups -OCH3 is 2. The van der Waals surface area contributed by atoms with Gasteiger partial charge in [-0.05, 0) is 80.3 Å². The van der Waals surface area contributed by atoms with E-state index in [1.807, 2.05) is 20.0 Å². The molecule has 1 unspecified atom stereocenters. The van der Waals surface area contributed by atoms with Crippen molar-refractivity contribution in [3.8, 4) is 46.3 Å². The number of phenols is 1. The number of benzene rings is 4. The van der Waals surface area contributed by atoms with Gasteiger partial charge in [0.25, 0.3) is 0 Å². The molecule has 0 amide bonds. The molecule has 18 heteroatoms. The fourth-order valence-electron chi connectivity index (χ4n) is 11.6. The number of aromatic hydroxyl groups is 1. The second-order valence-corrected chi connectivity index (χ2v) is 19.1. The largest absolute Gasteiger partial charge is 0.504 e. The van der Waals surface area contributed by atoms with Gasteiger partial charge >= 0.3 is 23.5 Å². The molecule has 1 aromatic heterocycles. The predicted molar refractivity (Wildman–Crippen MR) is 244 cm³/mol.